The van der Waals surface area contributed by atoms with Gasteiger partial charge < -0.3 is 9.64 Å². The van der Waals surface area contributed by atoms with E-state index in [1.165, 1.54) is 5.56 Å². The fourth-order valence-corrected chi connectivity index (χ4v) is 3.46. The molecule has 5 heteroatoms. The predicted octanol–water partition coefficient (Wildman–Crippen LogP) is 4.10. The Morgan fingerprint density at radius 3 is 2.66 bits per heavy atom. The van der Waals surface area contributed by atoms with Gasteiger partial charge in [0.05, 0.1) is 18.9 Å². The number of aromatic nitrogens is 3. The number of morpholine rings is 1. The molecule has 1 aliphatic heterocycles. The van der Waals surface area contributed by atoms with Gasteiger partial charge in [-0.3, -0.25) is 10.1 Å². The fraction of sp³-hybridized carbons (Fsp3) is 0.250. The highest BCUT2D eigenvalue weighted by Gasteiger charge is 2.16. The van der Waals surface area contributed by atoms with Crippen molar-refractivity contribution < 1.29 is 4.74 Å². The standard InChI is InChI=1S/C24H24N4O/c1-4-19(20-7-5-17(2)6-8-20)15-22-18(3)26-27-24(22)23-16-21(9-10-25-23)28-11-13-29-14-12-28/h1,5-10,15-16H,11-14H2,2-3H3,(H,26,27)/b19-15+. The molecule has 146 valence electrons. The lowest BCUT2D eigenvalue weighted by Gasteiger charge is -2.28. The molecule has 3 heterocycles. The van der Waals surface area contributed by atoms with Crippen molar-refractivity contribution in [1.29, 1.82) is 0 Å². The van der Waals surface area contributed by atoms with E-state index in [1.807, 2.05) is 37.4 Å². The van der Waals surface area contributed by atoms with E-state index in [2.05, 4.69) is 51.1 Å². The highest BCUT2D eigenvalue weighted by atomic mass is 16.5. The lowest BCUT2D eigenvalue weighted by atomic mass is 10.0. The Morgan fingerprint density at radius 1 is 1.17 bits per heavy atom. The number of pyridine rings is 1. The van der Waals surface area contributed by atoms with Gasteiger partial charge in [0.25, 0.3) is 0 Å². The third-order valence-corrected chi connectivity index (χ3v) is 5.16. The minimum Gasteiger partial charge on any atom is -0.378 e. The van der Waals surface area contributed by atoms with E-state index in [1.54, 1.807) is 0 Å². The number of nitrogens with zero attached hydrogens (tertiary/aromatic N) is 3. The van der Waals surface area contributed by atoms with Gasteiger partial charge >= 0.3 is 0 Å². The van der Waals surface area contributed by atoms with Crippen LogP contribution in [0.15, 0.2) is 42.6 Å². The molecular weight excluding hydrogens is 360 g/mol. The van der Waals surface area contributed by atoms with Crippen molar-refractivity contribution in [3.8, 4) is 23.7 Å². The van der Waals surface area contributed by atoms with E-state index >= 15 is 0 Å². The summed E-state index contributed by atoms with van der Waals surface area (Å²) in [5, 5.41) is 7.61. The molecule has 4 rings (SSSR count). The van der Waals surface area contributed by atoms with Crippen LogP contribution in [-0.2, 0) is 4.74 Å². The van der Waals surface area contributed by atoms with Crippen LogP contribution in [0.25, 0.3) is 23.0 Å². The molecular formula is C24H24N4O. The van der Waals surface area contributed by atoms with Crippen molar-refractivity contribution in [2.24, 2.45) is 0 Å². The summed E-state index contributed by atoms with van der Waals surface area (Å²) in [7, 11) is 0. The summed E-state index contributed by atoms with van der Waals surface area (Å²) >= 11 is 0. The van der Waals surface area contributed by atoms with Gasteiger partial charge in [-0.2, -0.15) is 5.10 Å². The number of rotatable bonds is 4. The zero-order valence-corrected chi connectivity index (χ0v) is 16.8. The number of hydrogen-bond acceptors (Lipinski definition) is 4. The van der Waals surface area contributed by atoms with Crippen LogP contribution in [-0.4, -0.2) is 41.5 Å². The van der Waals surface area contributed by atoms with Crippen LogP contribution in [0.1, 0.15) is 22.4 Å². The van der Waals surface area contributed by atoms with Crippen molar-refractivity contribution in [1.82, 2.24) is 15.2 Å². The maximum atomic E-state index is 5.84. The minimum absolute atomic E-state index is 0.745. The number of anilines is 1. The number of benzene rings is 1. The molecule has 0 unspecified atom stereocenters. The molecule has 0 aliphatic carbocycles. The SMILES string of the molecule is C#C/C(=C\c1c(-c2cc(N3CCOCC3)ccn2)n[nH]c1C)c1ccc(C)cc1. The average Bonchev–Trinajstić information content (AvgIpc) is 3.13. The van der Waals surface area contributed by atoms with Gasteiger partial charge in [0.2, 0.25) is 0 Å². The van der Waals surface area contributed by atoms with Crippen LogP contribution in [0.5, 0.6) is 0 Å². The summed E-state index contributed by atoms with van der Waals surface area (Å²) < 4.78 is 5.46. The molecule has 2 aromatic heterocycles. The zero-order chi connectivity index (χ0) is 20.2. The Balaban J connectivity index is 1.72. The molecule has 0 radical (unpaired) electrons. The molecule has 0 atom stereocenters. The Hall–Kier alpha value is -3.36. The number of aromatic amines is 1. The number of hydrogen-bond donors (Lipinski definition) is 1. The lowest BCUT2D eigenvalue weighted by Crippen LogP contribution is -2.36. The average molecular weight is 384 g/mol. The number of aryl methyl sites for hydroxylation is 2. The van der Waals surface area contributed by atoms with E-state index in [4.69, 9.17) is 11.2 Å². The summed E-state index contributed by atoms with van der Waals surface area (Å²) in [5.74, 6) is 2.82. The quantitative estimate of drug-likeness (QED) is 0.688. The second-order valence-corrected chi connectivity index (χ2v) is 7.18. The van der Waals surface area contributed by atoms with Gasteiger partial charge in [0, 0.05) is 41.8 Å². The first-order valence-electron chi connectivity index (χ1n) is 9.75. The molecule has 29 heavy (non-hydrogen) atoms. The lowest BCUT2D eigenvalue weighted by molar-refractivity contribution is 0.122. The third kappa shape index (κ3) is 4.08. The normalized spacial score (nSPS) is 14.7. The van der Waals surface area contributed by atoms with Gasteiger partial charge in [-0.1, -0.05) is 35.7 Å². The maximum Gasteiger partial charge on any atom is 0.118 e. The maximum absolute atomic E-state index is 5.84. The Kier molecular flexibility index (Phi) is 5.46. The third-order valence-electron chi connectivity index (χ3n) is 5.16. The number of allylic oxidation sites excluding steroid dienone is 1. The van der Waals surface area contributed by atoms with Crippen molar-refractivity contribution in [2.75, 3.05) is 31.2 Å². The first-order valence-corrected chi connectivity index (χ1v) is 9.75. The number of H-pyrrole nitrogens is 1. The smallest absolute Gasteiger partial charge is 0.118 e. The zero-order valence-electron chi connectivity index (χ0n) is 16.8. The molecule has 5 nitrogen and oxygen atoms in total. The van der Waals surface area contributed by atoms with Gasteiger partial charge in [0.15, 0.2) is 0 Å². The van der Waals surface area contributed by atoms with Crippen LogP contribution in [0, 0.1) is 26.2 Å². The highest BCUT2D eigenvalue weighted by molar-refractivity contribution is 5.93. The van der Waals surface area contributed by atoms with E-state index < -0.39 is 0 Å². The van der Waals surface area contributed by atoms with Crippen LogP contribution < -0.4 is 4.90 Å². The predicted molar refractivity (Wildman–Crippen MR) is 117 cm³/mol. The summed E-state index contributed by atoms with van der Waals surface area (Å²) in [6.07, 6.45) is 9.69. The van der Waals surface area contributed by atoms with Crippen molar-refractivity contribution in [3.05, 3.63) is 65.0 Å². The molecule has 0 spiro atoms. The Labute approximate surface area is 171 Å². The molecule has 1 saturated heterocycles. The van der Waals surface area contributed by atoms with Crippen LogP contribution in [0.2, 0.25) is 0 Å². The molecule has 1 aliphatic rings. The molecule has 0 bridgehead atoms. The van der Waals surface area contributed by atoms with Crippen molar-refractivity contribution >= 4 is 17.3 Å². The highest BCUT2D eigenvalue weighted by Crippen LogP contribution is 2.29. The second kappa shape index (κ2) is 8.34. The fourth-order valence-electron chi connectivity index (χ4n) is 3.46. The number of terminal acetylenes is 1. The van der Waals surface area contributed by atoms with Crippen molar-refractivity contribution in [3.63, 3.8) is 0 Å². The van der Waals surface area contributed by atoms with E-state index in [0.29, 0.717) is 0 Å². The first-order chi connectivity index (χ1) is 14.2. The molecule has 1 fully saturated rings. The number of nitrogens with one attached hydrogen (secondary N) is 1. The monoisotopic (exact) mass is 384 g/mol. The largest absolute Gasteiger partial charge is 0.378 e. The summed E-state index contributed by atoms with van der Waals surface area (Å²) in [4.78, 5) is 6.88. The van der Waals surface area contributed by atoms with Gasteiger partial charge in [-0.05, 0) is 37.6 Å². The van der Waals surface area contributed by atoms with Crippen LogP contribution >= 0.6 is 0 Å². The minimum atomic E-state index is 0.745. The topological polar surface area (TPSA) is 54.0 Å². The summed E-state index contributed by atoms with van der Waals surface area (Å²) in [5.41, 5.74) is 7.71. The van der Waals surface area contributed by atoms with Crippen LogP contribution in [0.3, 0.4) is 0 Å². The molecule has 1 aromatic carbocycles. The van der Waals surface area contributed by atoms with Crippen molar-refractivity contribution in [2.45, 2.75) is 13.8 Å². The second-order valence-electron chi connectivity index (χ2n) is 7.18. The van der Waals surface area contributed by atoms with E-state index in [9.17, 15) is 0 Å². The van der Waals surface area contributed by atoms with E-state index in [0.717, 1.165) is 65.8 Å². The summed E-state index contributed by atoms with van der Waals surface area (Å²) in [6.45, 7) is 7.31. The van der Waals surface area contributed by atoms with Gasteiger partial charge in [-0.15, -0.1) is 6.42 Å². The molecule has 0 amide bonds. The molecule has 3 aromatic rings. The van der Waals surface area contributed by atoms with Gasteiger partial charge in [0.1, 0.15) is 5.69 Å². The molecule has 1 N–H and O–H groups in total. The van der Waals surface area contributed by atoms with Gasteiger partial charge in [-0.25, -0.2) is 0 Å². The first kappa shape index (κ1) is 19.0. The van der Waals surface area contributed by atoms with E-state index in [-0.39, 0.29) is 0 Å². The van der Waals surface area contributed by atoms with Crippen LogP contribution in [0.4, 0.5) is 5.69 Å². The summed E-state index contributed by atoms with van der Waals surface area (Å²) in [6, 6.07) is 12.3. The Morgan fingerprint density at radius 2 is 1.93 bits per heavy atom. The Bertz CT molecular complexity index is 1070. The molecule has 0 saturated carbocycles. The number of ether oxygens (including phenoxy) is 1.